The molecule has 3 atom stereocenters. The van der Waals surface area contributed by atoms with E-state index in [0.717, 1.165) is 18.9 Å². The molecule has 3 unspecified atom stereocenters. The molecule has 1 aromatic rings. The maximum absolute atomic E-state index is 5.99. The van der Waals surface area contributed by atoms with E-state index >= 15 is 0 Å². The van der Waals surface area contributed by atoms with E-state index in [9.17, 15) is 0 Å². The average molecular weight is 258 g/mol. The molecule has 1 aliphatic rings. The predicted octanol–water partition coefficient (Wildman–Crippen LogP) is 2.29. The molecule has 1 aliphatic heterocycles. The fourth-order valence-electron chi connectivity index (χ4n) is 2.38. The second-order valence-electron chi connectivity index (χ2n) is 4.73. The van der Waals surface area contributed by atoms with Gasteiger partial charge in [-0.25, -0.2) is 4.98 Å². The number of hydrogen-bond acceptors (Lipinski definition) is 3. The third-order valence-corrected chi connectivity index (χ3v) is 3.74. The number of rotatable bonds is 4. The average Bonchev–Trinajstić information content (AvgIpc) is 2.90. The Kier molecular flexibility index (Phi) is 4.07. The first kappa shape index (κ1) is 12.9. The lowest BCUT2D eigenvalue weighted by Gasteiger charge is -2.24. The van der Waals surface area contributed by atoms with Crippen LogP contribution in [0.2, 0.25) is 5.15 Å². The Hall–Kier alpha value is -0.580. The summed E-state index contributed by atoms with van der Waals surface area (Å²) in [5.41, 5.74) is 0. The molecule has 4 nitrogen and oxygen atoms in total. The van der Waals surface area contributed by atoms with Crippen molar-refractivity contribution in [1.82, 2.24) is 14.9 Å². The minimum atomic E-state index is 0.173. The summed E-state index contributed by atoms with van der Waals surface area (Å²) < 4.78 is 7.58. The van der Waals surface area contributed by atoms with E-state index in [1.54, 1.807) is 6.20 Å². The largest absolute Gasteiger partial charge is 0.377 e. The van der Waals surface area contributed by atoms with Crippen molar-refractivity contribution in [3.05, 3.63) is 17.2 Å². The summed E-state index contributed by atoms with van der Waals surface area (Å²) in [5.74, 6) is 0.958. The van der Waals surface area contributed by atoms with Crippen LogP contribution in [0.5, 0.6) is 0 Å². The molecule has 0 radical (unpaired) electrons. The van der Waals surface area contributed by atoms with Crippen molar-refractivity contribution >= 4 is 11.6 Å². The number of imidazole rings is 1. The first-order valence-corrected chi connectivity index (χ1v) is 6.52. The Morgan fingerprint density at radius 1 is 1.59 bits per heavy atom. The zero-order chi connectivity index (χ0) is 12.4. The highest BCUT2D eigenvalue weighted by Gasteiger charge is 2.24. The molecule has 0 bridgehead atoms. The zero-order valence-corrected chi connectivity index (χ0v) is 11.4. The zero-order valence-electron chi connectivity index (χ0n) is 10.6. The molecule has 0 aromatic carbocycles. The van der Waals surface area contributed by atoms with Crippen LogP contribution in [0.3, 0.4) is 0 Å². The van der Waals surface area contributed by atoms with Crippen molar-refractivity contribution in [1.29, 1.82) is 0 Å². The van der Waals surface area contributed by atoms with Gasteiger partial charge in [-0.15, -0.1) is 0 Å². The van der Waals surface area contributed by atoms with E-state index in [4.69, 9.17) is 16.3 Å². The monoisotopic (exact) mass is 257 g/mol. The van der Waals surface area contributed by atoms with Gasteiger partial charge in [0.2, 0.25) is 0 Å². The molecular weight excluding hydrogens is 238 g/mol. The maximum atomic E-state index is 5.99. The summed E-state index contributed by atoms with van der Waals surface area (Å²) in [4.78, 5) is 4.32. The molecule has 5 heteroatoms. The van der Waals surface area contributed by atoms with Gasteiger partial charge in [-0.2, -0.15) is 0 Å². The van der Waals surface area contributed by atoms with Crippen LogP contribution >= 0.6 is 11.6 Å². The molecule has 0 amide bonds. The molecule has 17 heavy (non-hydrogen) atoms. The van der Waals surface area contributed by atoms with E-state index in [0.29, 0.717) is 17.3 Å². The Morgan fingerprint density at radius 3 is 2.88 bits per heavy atom. The van der Waals surface area contributed by atoms with Gasteiger partial charge < -0.3 is 14.6 Å². The van der Waals surface area contributed by atoms with Crippen LogP contribution < -0.4 is 5.32 Å². The minimum Gasteiger partial charge on any atom is -0.377 e. The Labute approximate surface area is 107 Å². The fourth-order valence-corrected chi connectivity index (χ4v) is 2.51. The molecule has 2 rings (SSSR count). The van der Waals surface area contributed by atoms with E-state index < -0.39 is 0 Å². The van der Waals surface area contributed by atoms with Gasteiger partial charge in [0.15, 0.2) is 0 Å². The van der Waals surface area contributed by atoms with Crippen molar-refractivity contribution in [2.45, 2.75) is 44.9 Å². The van der Waals surface area contributed by atoms with Gasteiger partial charge in [-0.3, -0.25) is 0 Å². The normalized spacial score (nSPS) is 23.9. The lowest BCUT2D eigenvalue weighted by atomic mass is 10.1. The SMILES string of the molecule is CC(NC(C)C1CCCO1)c1ncc(Cl)n1C. The smallest absolute Gasteiger partial charge is 0.128 e. The van der Waals surface area contributed by atoms with Crippen molar-refractivity contribution in [3.8, 4) is 0 Å². The highest BCUT2D eigenvalue weighted by atomic mass is 35.5. The van der Waals surface area contributed by atoms with Crippen LogP contribution in [-0.2, 0) is 11.8 Å². The molecule has 0 spiro atoms. The second kappa shape index (κ2) is 5.38. The van der Waals surface area contributed by atoms with Crippen LogP contribution in [0.4, 0.5) is 0 Å². The van der Waals surface area contributed by atoms with Gasteiger partial charge in [-0.1, -0.05) is 11.6 Å². The predicted molar refractivity (Wildman–Crippen MR) is 68.2 cm³/mol. The van der Waals surface area contributed by atoms with Crippen molar-refractivity contribution in [2.24, 2.45) is 7.05 Å². The van der Waals surface area contributed by atoms with Gasteiger partial charge in [0.05, 0.1) is 18.3 Å². The molecule has 2 heterocycles. The number of aromatic nitrogens is 2. The Bertz CT molecular complexity index is 374. The van der Waals surface area contributed by atoms with Crippen LogP contribution in [0.25, 0.3) is 0 Å². The van der Waals surface area contributed by atoms with Gasteiger partial charge in [0.1, 0.15) is 11.0 Å². The van der Waals surface area contributed by atoms with Gasteiger partial charge in [-0.05, 0) is 26.7 Å². The number of ether oxygens (including phenoxy) is 1. The maximum Gasteiger partial charge on any atom is 0.128 e. The van der Waals surface area contributed by atoms with E-state index in [-0.39, 0.29) is 6.04 Å². The van der Waals surface area contributed by atoms with Gasteiger partial charge in [0, 0.05) is 19.7 Å². The molecule has 1 N–H and O–H groups in total. The summed E-state index contributed by atoms with van der Waals surface area (Å²) in [5, 5.41) is 4.19. The van der Waals surface area contributed by atoms with Crippen molar-refractivity contribution in [2.75, 3.05) is 6.61 Å². The van der Waals surface area contributed by atoms with E-state index in [2.05, 4.69) is 24.1 Å². The summed E-state index contributed by atoms with van der Waals surface area (Å²) in [6.45, 7) is 5.15. The van der Waals surface area contributed by atoms with Gasteiger partial charge in [0.25, 0.3) is 0 Å². The van der Waals surface area contributed by atoms with E-state index in [1.165, 1.54) is 6.42 Å². The van der Waals surface area contributed by atoms with Crippen LogP contribution in [0.1, 0.15) is 38.6 Å². The molecule has 1 fully saturated rings. The number of hydrogen-bond donors (Lipinski definition) is 1. The topological polar surface area (TPSA) is 39.1 Å². The highest BCUT2D eigenvalue weighted by molar-refractivity contribution is 6.29. The van der Waals surface area contributed by atoms with Crippen molar-refractivity contribution in [3.63, 3.8) is 0 Å². The lowest BCUT2D eigenvalue weighted by molar-refractivity contribution is 0.0799. The van der Waals surface area contributed by atoms with Crippen molar-refractivity contribution < 1.29 is 4.74 Å². The molecule has 1 saturated heterocycles. The summed E-state index contributed by atoms with van der Waals surface area (Å²) in [7, 11) is 1.93. The van der Waals surface area contributed by atoms with E-state index in [1.807, 2.05) is 11.6 Å². The minimum absolute atomic E-state index is 0.173. The molecule has 1 aromatic heterocycles. The number of nitrogens with one attached hydrogen (secondary N) is 1. The second-order valence-corrected chi connectivity index (χ2v) is 5.11. The van der Waals surface area contributed by atoms with Crippen LogP contribution in [0, 0.1) is 0 Å². The lowest BCUT2D eigenvalue weighted by Crippen LogP contribution is -2.39. The molecular formula is C12H20ClN3O. The fraction of sp³-hybridized carbons (Fsp3) is 0.750. The molecule has 0 saturated carbocycles. The Morgan fingerprint density at radius 2 is 2.35 bits per heavy atom. The molecule has 96 valence electrons. The first-order chi connectivity index (χ1) is 8.09. The Balaban J connectivity index is 1.96. The number of halogens is 1. The highest BCUT2D eigenvalue weighted by Crippen LogP contribution is 2.20. The third-order valence-electron chi connectivity index (χ3n) is 3.39. The number of nitrogens with zero attached hydrogens (tertiary/aromatic N) is 2. The first-order valence-electron chi connectivity index (χ1n) is 6.14. The standard InChI is InChI=1S/C12H20ClN3O/c1-8(10-5-4-6-17-10)15-9(2)12-14-7-11(13)16(12)3/h7-10,15H,4-6H2,1-3H3. The van der Waals surface area contributed by atoms with Crippen LogP contribution in [0.15, 0.2) is 6.20 Å². The summed E-state index contributed by atoms with van der Waals surface area (Å²) >= 11 is 5.99. The molecule has 0 aliphatic carbocycles. The summed E-state index contributed by atoms with van der Waals surface area (Å²) in [6, 6.07) is 0.509. The third kappa shape index (κ3) is 2.81. The van der Waals surface area contributed by atoms with Crippen LogP contribution in [-0.4, -0.2) is 28.3 Å². The van der Waals surface area contributed by atoms with Gasteiger partial charge >= 0.3 is 0 Å². The summed E-state index contributed by atoms with van der Waals surface area (Å²) in [6.07, 6.45) is 4.32. The quantitative estimate of drug-likeness (QED) is 0.900.